The first-order chi connectivity index (χ1) is 11.1. The van der Waals surface area contributed by atoms with Gasteiger partial charge in [-0.1, -0.05) is 11.6 Å². The minimum absolute atomic E-state index is 0.0350. The van der Waals surface area contributed by atoms with Crippen LogP contribution in [-0.4, -0.2) is 28.3 Å². The summed E-state index contributed by atoms with van der Waals surface area (Å²) in [6.07, 6.45) is 3.34. The first-order valence-electron chi connectivity index (χ1n) is 6.58. The maximum Gasteiger partial charge on any atom is 0.160 e. The fourth-order valence-electron chi connectivity index (χ4n) is 2.05. The summed E-state index contributed by atoms with van der Waals surface area (Å²) in [7, 11) is 1.59. The summed E-state index contributed by atoms with van der Waals surface area (Å²) < 4.78 is 18.6. The third-order valence-corrected chi connectivity index (χ3v) is 4.11. The molecule has 2 heterocycles. The number of rotatable bonds is 4. The lowest BCUT2D eigenvalue weighted by Crippen LogP contribution is -1.99. The van der Waals surface area contributed by atoms with Crippen molar-refractivity contribution in [2.75, 3.05) is 18.7 Å². The summed E-state index contributed by atoms with van der Waals surface area (Å²) in [6, 6.07) is 6.16. The number of nitrogens with one attached hydrogen (secondary N) is 1. The highest BCUT2D eigenvalue weighted by Crippen LogP contribution is 2.31. The van der Waals surface area contributed by atoms with Crippen LogP contribution in [0.3, 0.4) is 0 Å². The van der Waals surface area contributed by atoms with Crippen molar-refractivity contribution in [2.45, 2.75) is 5.03 Å². The third-order valence-electron chi connectivity index (χ3n) is 3.14. The molecule has 23 heavy (non-hydrogen) atoms. The van der Waals surface area contributed by atoms with Crippen LogP contribution in [0.4, 0.5) is 15.9 Å². The van der Waals surface area contributed by atoms with E-state index < -0.39 is 5.82 Å². The molecule has 118 valence electrons. The van der Waals surface area contributed by atoms with Gasteiger partial charge in [0.05, 0.1) is 17.6 Å². The molecule has 0 aliphatic carbocycles. The number of halogens is 2. The monoisotopic (exact) mass is 350 g/mol. The number of pyridine rings is 1. The Labute approximate surface area is 141 Å². The molecule has 8 heteroatoms. The Bertz CT molecular complexity index is 877. The normalized spacial score (nSPS) is 10.8. The minimum atomic E-state index is -0.475. The Balaban J connectivity index is 2.08. The number of methoxy groups -OCH3 is 1. The second-order valence-electron chi connectivity index (χ2n) is 4.54. The van der Waals surface area contributed by atoms with Crippen LogP contribution in [0, 0.1) is 5.82 Å². The lowest BCUT2D eigenvalue weighted by Gasteiger charge is -2.11. The summed E-state index contributed by atoms with van der Waals surface area (Å²) in [4.78, 5) is 13.0. The molecule has 2 aromatic heterocycles. The van der Waals surface area contributed by atoms with E-state index in [0.717, 1.165) is 5.03 Å². The Morgan fingerprint density at radius 3 is 2.78 bits per heavy atom. The molecular formula is C15H12ClFN4OS. The van der Waals surface area contributed by atoms with Gasteiger partial charge in [0.2, 0.25) is 0 Å². The first kappa shape index (κ1) is 15.8. The Morgan fingerprint density at radius 1 is 1.26 bits per heavy atom. The van der Waals surface area contributed by atoms with Crippen LogP contribution in [0.5, 0.6) is 5.75 Å². The molecule has 1 N–H and O–H groups in total. The average Bonchev–Trinajstić information content (AvgIpc) is 2.57. The fraction of sp³-hybridized carbons (Fsp3) is 0.133. The Hall–Kier alpha value is -2.12. The number of aromatic nitrogens is 3. The molecule has 0 aliphatic heterocycles. The molecule has 0 atom stereocenters. The van der Waals surface area contributed by atoms with Crippen molar-refractivity contribution in [1.29, 1.82) is 0 Å². The van der Waals surface area contributed by atoms with Crippen LogP contribution >= 0.6 is 23.4 Å². The first-order valence-corrected chi connectivity index (χ1v) is 8.18. The van der Waals surface area contributed by atoms with Gasteiger partial charge in [0.15, 0.2) is 11.6 Å². The van der Waals surface area contributed by atoms with E-state index in [1.165, 1.54) is 30.2 Å². The van der Waals surface area contributed by atoms with Gasteiger partial charge in [-0.15, -0.1) is 11.8 Å². The standard InChI is InChI=1S/C15H12ClFN4OS/c1-22-12-6-11-13(21-15(12)23-2)14(19-7-18-11)20-8-3-4-10(17)9(16)5-8/h3-7H,1-2H3,(H,18,19,20). The van der Waals surface area contributed by atoms with E-state index in [4.69, 9.17) is 16.3 Å². The summed E-state index contributed by atoms with van der Waals surface area (Å²) >= 11 is 7.27. The van der Waals surface area contributed by atoms with Crippen molar-refractivity contribution in [1.82, 2.24) is 15.0 Å². The van der Waals surface area contributed by atoms with Gasteiger partial charge in [-0.3, -0.25) is 0 Å². The van der Waals surface area contributed by atoms with Crippen molar-refractivity contribution < 1.29 is 9.13 Å². The van der Waals surface area contributed by atoms with Crippen LogP contribution in [0.15, 0.2) is 35.6 Å². The van der Waals surface area contributed by atoms with Crippen molar-refractivity contribution in [3.05, 3.63) is 41.4 Å². The number of hydrogen-bond acceptors (Lipinski definition) is 6. The largest absolute Gasteiger partial charge is 0.494 e. The minimum Gasteiger partial charge on any atom is -0.494 e. The SMILES string of the molecule is COc1cc2ncnc(Nc3ccc(F)c(Cl)c3)c2nc1SC. The highest BCUT2D eigenvalue weighted by atomic mass is 35.5. The molecule has 0 unspecified atom stereocenters. The molecule has 0 spiro atoms. The number of benzene rings is 1. The quantitative estimate of drug-likeness (QED) is 0.708. The second kappa shape index (κ2) is 6.55. The molecule has 0 bridgehead atoms. The summed E-state index contributed by atoms with van der Waals surface area (Å²) in [5.41, 5.74) is 1.85. The van der Waals surface area contributed by atoms with Gasteiger partial charge >= 0.3 is 0 Å². The molecule has 1 aromatic carbocycles. The summed E-state index contributed by atoms with van der Waals surface area (Å²) in [5.74, 6) is 0.687. The zero-order chi connectivity index (χ0) is 16.4. The zero-order valence-corrected chi connectivity index (χ0v) is 13.9. The predicted octanol–water partition coefficient (Wildman–Crippen LogP) is 4.29. The molecule has 5 nitrogen and oxygen atoms in total. The van der Waals surface area contributed by atoms with E-state index in [1.54, 1.807) is 19.2 Å². The molecule has 0 aliphatic rings. The molecule has 0 saturated carbocycles. The Morgan fingerprint density at radius 2 is 2.09 bits per heavy atom. The molecule has 0 saturated heterocycles. The highest BCUT2D eigenvalue weighted by Gasteiger charge is 2.12. The maximum absolute atomic E-state index is 13.3. The van der Waals surface area contributed by atoms with Crippen molar-refractivity contribution >= 4 is 45.9 Å². The molecule has 3 aromatic rings. The number of fused-ring (bicyclic) bond motifs is 1. The van der Waals surface area contributed by atoms with E-state index in [2.05, 4.69) is 20.3 Å². The maximum atomic E-state index is 13.3. The highest BCUT2D eigenvalue weighted by molar-refractivity contribution is 7.98. The second-order valence-corrected chi connectivity index (χ2v) is 5.75. The Kier molecular flexibility index (Phi) is 4.49. The number of hydrogen-bond donors (Lipinski definition) is 1. The van der Waals surface area contributed by atoms with Crippen molar-refractivity contribution in [3.63, 3.8) is 0 Å². The van der Waals surface area contributed by atoms with Gasteiger partial charge in [-0.05, 0) is 24.5 Å². The molecule has 3 rings (SSSR count). The van der Waals surface area contributed by atoms with E-state index in [-0.39, 0.29) is 5.02 Å². The van der Waals surface area contributed by atoms with Gasteiger partial charge in [0.1, 0.15) is 22.7 Å². The van der Waals surface area contributed by atoms with E-state index in [9.17, 15) is 4.39 Å². The lowest BCUT2D eigenvalue weighted by atomic mass is 10.3. The average molecular weight is 351 g/mol. The van der Waals surface area contributed by atoms with Crippen molar-refractivity contribution in [2.24, 2.45) is 0 Å². The van der Waals surface area contributed by atoms with Crippen LogP contribution in [0.2, 0.25) is 5.02 Å². The zero-order valence-electron chi connectivity index (χ0n) is 12.3. The van der Waals surface area contributed by atoms with Crippen LogP contribution in [0.25, 0.3) is 11.0 Å². The van der Waals surface area contributed by atoms with Crippen molar-refractivity contribution in [3.8, 4) is 5.75 Å². The predicted molar refractivity (Wildman–Crippen MR) is 90.4 cm³/mol. The fourth-order valence-corrected chi connectivity index (χ4v) is 2.75. The van der Waals surface area contributed by atoms with Crippen LogP contribution in [0.1, 0.15) is 0 Å². The van der Waals surface area contributed by atoms with E-state index in [1.807, 2.05) is 6.26 Å². The summed E-state index contributed by atoms with van der Waals surface area (Å²) in [5, 5.41) is 3.86. The van der Waals surface area contributed by atoms with E-state index in [0.29, 0.717) is 28.3 Å². The number of ether oxygens (including phenoxy) is 1. The number of nitrogens with zero attached hydrogens (tertiary/aromatic N) is 3. The number of anilines is 2. The lowest BCUT2D eigenvalue weighted by molar-refractivity contribution is 0.402. The van der Waals surface area contributed by atoms with Gasteiger partial charge in [0.25, 0.3) is 0 Å². The van der Waals surface area contributed by atoms with Gasteiger partial charge in [-0.25, -0.2) is 19.3 Å². The van der Waals surface area contributed by atoms with Crippen LogP contribution in [-0.2, 0) is 0 Å². The van der Waals surface area contributed by atoms with Gasteiger partial charge in [-0.2, -0.15) is 0 Å². The van der Waals surface area contributed by atoms with Gasteiger partial charge < -0.3 is 10.1 Å². The molecule has 0 radical (unpaired) electrons. The van der Waals surface area contributed by atoms with E-state index >= 15 is 0 Å². The third kappa shape index (κ3) is 3.16. The van der Waals surface area contributed by atoms with Crippen LogP contribution < -0.4 is 10.1 Å². The smallest absolute Gasteiger partial charge is 0.160 e. The molecular weight excluding hydrogens is 339 g/mol. The number of thioether (sulfide) groups is 1. The van der Waals surface area contributed by atoms with Gasteiger partial charge in [0, 0.05) is 11.8 Å². The molecule has 0 fully saturated rings. The summed E-state index contributed by atoms with van der Waals surface area (Å²) in [6.45, 7) is 0. The topological polar surface area (TPSA) is 59.9 Å². The molecule has 0 amide bonds.